The van der Waals surface area contributed by atoms with Crippen LogP contribution in [0.5, 0.6) is 0 Å². The van der Waals surface area contributed by atoms with E-state index in [0.717, 1.165) is 16.3 Å². The lowest BCUT2D eigenvalue weighted by atomic mass is 10.2. The Kier molecular flexibility index (Phi) is 4.77. The Balaban J connectivity index is 2.04. The van der Waals surface area contributed by atoms with E-state index in [9.17, 15) is 14.4 Å². The molecular weight excluding hydrogens is 354 g/mol. The second-order valence-electron chi connectivity index (χ2n) is 5.85. The Morgan fingerprint density at radius 1 is 1.08 bits per heavy atom. The second kappa shape index (κ2) is 7.01. The van der Waals surface area contributed by atoms with E-state index in [-0.39, 0.29) is 5.56 Å². The Bertz CT molecular complexity index is 1100. The Labute approximate surface area is 154 Å². The number of amides is 1. The molecule has 1 aromatic heterocycles. The van der Waals surface area contributed by atoms with Crippen LogP contribution >= 0.6 is 11.6 Å². The molecule has 2 N–H and O–H groups in total. The van der Waals surface area contributed by atoms with E-state index < -0.39 is 17.2 Å². The molecule has 3 aromatic rings. The largest absolute Gasteiger partial charge is 0.333 e. The van der Waals surface area contributed by atoms with Crippen molar-refractivity contribution in [2.75, 3.05) is 5.32 Å². The van der Waals surface area contributed by atoms with Crippen LogP contribution in [0.2, 0.25) is 5.02 Å². The van der Waals surface area contributed by atoms with Crippen molar-refractivity contribution in [1.29, 1.82) is 0 Å². The first-order chi connectivity index (χ1) is 12.4. The van der Waals surface area contributed by atoms with Gasteiger partial charge in [0.1, 0.15) is 5.56 Å². The minimum Gasteiger partial charge on any atom is -0.321 e. The summed E-state index contributed by atoms with van der Waals surface area (Å²) >= 11 is 6.05. The van der Waals surface area contributed by atoms with Gasteiger partial charge in [0, 0.05) is 16.9 Å². The molecule has 1 amide bonds. The molecule has 0 spiro atoms. The molecule has 3 rings (SSSR count). The van der Waals surface area contributed by atoms with E-state index in [0.29, 0.717) is 22.0 Å². The van der Waals surface area contributed by atoms with Crippen LogP contribution in [0.3, 0.4) is 0 Å². The zero-order valence-corrected chi connectivity index (χ0v) is 14.9. The predicted octanol–water partition coefficient (Wildman–Crippen LogP) is 3.05. The summed E-state index contributed by atoms with van der Waals surface area (Å²) in [7, 11) is 0. The van der Waals surface area contributed by atoms with Crippen molar-refractivity contribution in [3.63, 3.8) is 0 Å². The highest BCUT2D eigenvalue weighted by Gasteiger charge is 2.17. The molecule has 0 aliphatic rings. The number of H-pyrrole nitrogens is 1. The molecule has 0 radical (unpaired) electrons. The number of hydrogen-bond acceptors (Lipinski definition) is 3. The minimum absolute atomic E-state index is 0.176. The first-order valence-electron chi connectivity index (χ1n) is 7.86. The van der Waals surface area contributed by atoms with Crippen LogP contribution in [0.1, 0.15) is 21.5 Å². The average Bonchev–Trinajstić information content (AvgIpc) is 2.60. The number of nitrogens with one attached hydrogen (secondary N) is 2. The second-order valence-corrected chi connectivity index (χ2v) is 6.26. The van der Waals surface area contributed by atoms with Crippen LogP contribution in [-0.2, 0) is 0 Å². The van der Waals surface area contributed by atoms with Crippen molar-refractivity contribution in [1.82, 2.24) is 9.55 Å². The predicted molar refractivity (Wildman–Crippen MR) is 102 cm³/mol. The molecule has 0 aliphatic heterocycles. The quantitative estimate of drug-likeness (QED) is 0.744. The number of aromatic nitrogens is 2. The minimum atomic E-state index is -0.699. The average molecular weight is 370 g/mol. The fourth-order valence-corrected chi connectivity index (χ4v) is 2.67. The molecule has 0 atom stereocenters. The fraction of sp³-hybridized carbons (Fsp3) is 0.105. The summed E-state index contributed by atoms with van der Waals surface area (Å²) in [4.78, 5) is 39.8. The number of anilines is 1. The van der Waals surface area contributed by atoms with E-state index in [1.54, 1.807) is 49.4 Å². The zero-order chi connectivity index (χ0) is 18.8. The molecule has 6 nitrogen and oxygen atoms in total. The lowest BCUT2D eigenvalue weighted by Crippen LogP contribution is -2.38. The number of aromatic amines is 1. The number of benzene rings is 2. The maximum absolute atomic E-state index is 12.7. The first kappa shape index (κ1) is 17.7. The molecular formula is C19H16ClN3O3. The molecule has 26 heavy (non-hydrogen) atoms. The summed E-state index contributed by atoms with van der Waals surface area (Å²) in [6.45, 7) is 3.66. The van der Waals surface area contributed by atoms with Crippen molar-refractivity contribution in [3.05, 3.63) is 91.2 Å². The zero-order valence-electron chi connectivity index (χ0n) is 14.2. The molecule has 0 fully saturated rings. The van der Waals surface area contributed by atoms with Crippen molar-refractivity contribution >= 4 is 23.2 Å². The van der Waals surface area contributed by atoms with Gasteiger partial charge in [-0.2, -0.15) is 0 Å². The lowest BCUT2D eigenvalue weighted by molar-refractivity contribution is 0.102. The smallest absolute Gasteiger partial charge is 0.321 e. The standard InChI is InChI=1S/C19H16ClN3O3/c1-11-6-8-13(9-7-11)23-18(25)14(10-21-19(23)26)17(24)22-16-5-3-4-15(20)12(16)2/h3-10H,1-2H3,(H,21,26)(H,22,24). The van der Waals surface area contributed by atoms with Gasteiger partial charge >= 0.3 is 5.69 Å². The molecule has 0 bridgehead atoms. The number of carbonyl (C=O) groups is 1. The third-order valence-electron chi connectivity index (χ3n) is 4.03. The monoisotopic (exact) mass is 369 g/mol. The van der Waals surface area contributed by atoms with E-state index in [1.165, 1.54) is 0 Å². The van der Waals surface area contributed by atoms with Crippen molar-refractivity contribution in [3.8, 4) is 5.69 Å². The van der Waals surface area contributed by atoms with Gasteiger partial charge in [0.2, 0.25) is 0 Å². The topological polar surface area (TPSA) is 84.0 Å². The molecule has 0 aliphatic carbocycles. The number of aryl methyl sites for hydroxylation is 1. The van der Waals surface area contributed by atoms with Gasteiger partial charge in [-0.25, -0.2) is 9.36 Å². The summed E-state index contributed by atoms with van der Waals surface area (Å²) in [5.74, 6) is -0.627. The van der Waals surface area contributed by atoms with Gasteiger partial charge in [0.05, 0.1) is 5.69 Å². The fourth-order valence-electron chi connectivity index (χ4n) is 2.50. The molecule has 0 saturated carbocycles. The van der Waals surface area contributed by atoms with Crippen molar-refractivity contribution in [2.24, 2.45) is 0 Å². The van der Waals surface area contributed by atoms with Crippen LogP contribution in [0.4, 0.5) is 5.69 Å². The number of hydrogen-bond donors (Lipinski definition) is 2. The van der Waals surface area contributed by atoms with E-state index >= 15 is 0 Å². The van der Waals surface area contributed by atoms with Gasteiger partial charge in [-0.3, -0.25) is 9.59 Å². The summed E-state index contributed by atoms with van der Waals surface area (Å²) in [6.07, 6.45) is 1.12. The third kappa shape index (κ3) is 3.32. The summed E-state index contributed by atoms with van der Waals surface area (Å²) in [6, 6.07) is 11.9. The summed E-state index contributed by atoms with van der Waals surface area (Å²) in [5, 5.41) is 3.16. The molecule has 0 saturated heterocycles. The van der Waals surface area contributed by atoms with E-state index in [4.69, 9.17) is 11.6 Å². The molecule has 1 heterocycles. The van der Waals surface area contributed by atoms with Gasteiger partial charge in [0.25, 0.3) is 11.5 Å². The van der Waals surface area contributed by atoms with Crippen LogP contribution in [0.25, 0.3) is 5.69 Å². The third-order valence-corrected chi connectivity index (χ3v) is 4.44. The summed E-state index contributed by atoms with van der Waals surface area (Å²) in [5.41, 5.74) is 1.06. The van der Waals surface area contributed by atoms with E-state index in [2.05, 4.69) is 10.3 Å². The van der Waals surface area contributed by atoms with Crippen LogP contribution in [0.15, 0.2) is 58.3 Å². The van der Waals surface area contributed by atoms with Crippen LogP contribution in [0, 0.1) is 13.8 Å². The van der Waals surface area contributed by atoms with Gasteiger partial charge in [0.15, 0.2) is 0 Å². The highest BCUT2D eigenvalue weighted by atomic mass is 35.5. The molecule has 7 heteroatoms. The number of halogens is 1. The van der Waals surface area contributed by atoms with Crippen molar-refractivity contribution in [2.45, 2.75) is 13.8 Å². The highest BCUT2D eigenvalue weighted by molar-refractivity contribution is 6.31. The van der Waals surface area contributed by atoms with Gasteiger partial charge in [-0.1, -0.05) is 35.4 Å². The van der Waals surface area contributed by atoms with Crippen molar-refractivity contribution < 1.29 is 4.79 Å². The first-order valence-corrected chi connectivity index (χ1v) is 8.24. The Hall–Kier alpha value is -3.12. The Morgan fingerprint density at radius 2 is 1.77 bits per heavy atom. The van der Waals surface area contributed by atoms with Crippen LogP contribution < -0.4 is 16.6 Å². The normalized spacial score (nSPS) is 10.6. The SMILES string of the molecule is Cc1ccc(-n2c(=O)[nH]cc(C(=O)Nc3cccc(Cl)c3C)c2=O)cc1. The molecule has 2 aromatic carbocycles. The van der Waals surface area contributed by atoms with Gasteiger partial charge in [-0.05, 0) is 43.7 Å². The number of nitrogens with zero attached hydrogens (tertiary/aromatic N) is 1. The number of rotatable bonds is 3. The van der Waals surface area contributed by atoms with Crippen LogP contribution in [-0.4, -0.2) is 15.5 Å². The Morgan fingerprint density at radius 3 is 2.46 bits per heavy atom. The lowest BCUT2D eigenvalue weighted by Gasteiger charge is -2.10. The maximum atomic E-state index is 12.7. The van der Waals surface area contributed by atoms with Gasteiger partial charge < -0.3 is 10.3 Å². The maximum Gasteiger partial charge on any atom is 0.333 e. The summed E-state index contributed by atoms with van der Waals surface area (Å²) < 4.78 is 0.930. The molecule has 0 unspecified atom stereocenters. The number of carbonyl (C=O) groups excluding carboxylic acids is 1. The molecule has 132 valence electrons. The van der Waals surface area contributed by atoms with Gasteiger partial charge in [-0.15, -0.1) is 0 Å². The van der Waals surface area contributed by atoms with E-state index in [1.807, 2.05) is 6.92 Å². The highest BCUT2D eigenvalue weighted by Crippen LogP contribution is 2.23.